The number of anilines is 2. The number of nitrogens with one attached hydrogen (secondary N) is 1. The summed E-state index contributed by atoms with van der Waals surface area (Å²) in [6.45, 7) is 2.04. The molecule has 0 saturated carbocycles. The zero-order valence-corrected chi connectivity index (χ0v) is 10.4. The van der Waals surface area contributed by atoms with Crippen LogP contribution < -0.4 is 15.8 Å². The average molecular weight is 244 g/mol. The number of aromatic nitrogens is 2. The summed E-state index contributed by atoms with van der Waals surface area (Å²) in [4.78, 5) is 8.10. The Morgan fingerprint density at radius 1 is 1.28 bits per heavy atom. The van der Waals surface area contributed by atoms with Crippen molar-refractivity contribution in [3.8, 4) is 5.88 Å². The fourth-order valence-corrected chi connectivity index (χ4v) is 1.66. The Kier molecular flexibility index (Phi) is 3.62. The van der Waals surface area contributed by atoms with Crippen molar-refractivity contribution in [1.82, 2.24) is 9.97 Å². The zero-order chi connectivity index (χ0) is 13.0. The van der Waals surface area contributed by atoms with Crippen LogP contribution >= 0.6 is 0 Å². The van der Waals surface area contributed by atoms with Gasteiger partial charge < -0.3 is 15.8 Å². The van der Waals surface area contributed by atoms with Crippen molar-refractivity contribution in [2.75, 3.05) is 18.2 Å². The maximum Gasteiger partial charge on any atom is 0.218 e. The minimum absolute atomic E-state index is 0.105. The number of hydrogen-bond acceptors (Lipinski definition) is 5. The molecule has 0 amide bonds. The molecule has 0 radical (unpaired) electrons. The molecular weight excluding hydrogens is 228 g/mol. The maximum absolute atomic E-state index is 5.76. The first-order valence-electron chi connectivity index (χ1n) is 5.67. The van der Waals surface area contributed by atoms with Crippen LogP contribution in [0.25, 0.3) is 0 Å². The van der Waals surface area contributed by atoms with E-state index in [4.69, 9.17) is 10.5 Å². The topological polar surface area (TPSA) is 73.1 Å². The van der Waals surface area contributed by atoms with Gasteiger partial charge in [-0.25, -0.2) is 9.97 Å². The molecule has 2 aromatic rings. The van der Waals surface area contributed by atoms with E-state index >= 15 is 0 Å². The first kappa shape index (κ1) is 12.2. The molecule has 1 aromatic heterocycles. The van der Waals surface area contributed by atoms with Gasteiger partial charge in [0, 0.05) is 11.8 Å². The second-order valence-corrected chi connectivity index (χ2v) is 3.98. The van der Waals surface area contributed by atoms with E-state index in [1.54, 1.807) is 13.2 Å². The summed E-state index contributed by atoms with van der Waals surface area (Å²) >= 11 is 0. The summed E-state index contributed by atoms with van der Waals surface area (Å²) in [5.74, 6) is 1.25. The quantitative estimate of drug-likeness (QED) is 0.807. The van der Waals surface area contributed by atoms with Gasteiger partial charge in [0.15, 0.2) is 0 Å². The summed E-state index contributed by atoms with van der Waals surface area (Å²) in [6, 6.07) is 9.62. The van der Waals surface area contributed by atoms with Gasteiger partial charge >= 0.3 is 0 Å². The molecule has 5 heteroatoms. The van der Waals surface area contributed by atoms with Gasteiger partial charge in [0.1, 0.15) is 12.1 Å². The molecule has 5 nitrogen and oxygen atoms in total. The molecule has 18 heavy (non-hydrogen) atoms. The molecule has 0 fully saturated rings. The fourth-order valence-electron chi connectivity index (χ4n) is 1.66. The molecule has 0 aliphatic heterocycles. The van der Waals surface area contributed by atoms with Gasteiger partial charge in [-0.15, -0.1) is 0 Å². The molecule has 0 saturated heterocycles. The molecule has 94 valence electrons. The van der Waals surface area contributed by atoms with E-state index in [1.165, 1.54) is 6.33 Å². The van der Waals surface area contributed by atoms with Crippen molar-refractivity contribution < 1.29 is 4.74 Å². The van der Waals surface area contributed by atoms with E-state index in [2.05, 4.69) is 15.3 Å². The minimum Gasteiger partial charge on any atom is -0.481 e. The Morgan fingerprint density at radius 3 is 2.83 bits per heavy atom. The number of nitrogens with two attached hydrogens (primary N) is 1. The predicted octanol–water partition coefficient (Wildman–Crippen LogP) is 2.24. The molecule has 1 heterocycles. The lowest BCUT2D eigenvalue weighted by Gasteiger charge is -2.15. The zero-order valence-electron chi connectivity index (χ0n) is 10.4. The molecule has 1 unspecified atom stereocenters. The molecule has 0 aliphatic rings. The molecule has 1 atom stereocenters. The Bertz CT molecular complexity index is 530. The third kappa shape index (κ3) is 2.88. The lowest BCUT2D eigenvalue weighted by atomic mass is 10.1. The normalized spacial score (nSPS) is 11.9. The standard InChI is InChI=1S/C13H16N4O/c1-9(10-4-3-5-11(14)6-10)17-12-7-13(18-2)16-8-15-12/h3-9H,14H2,1-2H3,(H,15,16,17). The first-order valence-corrected chi connectivity index (χ1v) is 5.67. The fraction of sp³-hybridized carbons (Fsp3) is 0.231. The van der Waals surface area contributed by atoms with Crippen molar-refractivity contribution in [3.05, 3.63) is 42.2 Å². The Hall–Kier alpha value is -2.30. The van der Waals surface area contributed by atoms with Crippen LogP contribution in [0, 0.1) is 0 Å². The summed E-state index contributed by atoms with van der Waals surface area (Å²) in [5.41, 5.74) is 7.62. The molecule has 3 N–H and O–H groups in total. The van der Waals surface area contributed by atoms with E-state index in [-0.39, 0.29) is 6.04 Å². The van der Waals surface area contributed by atoms with Crippen LogP contribution in [0.4, 0.5) is 11.5 Å². The van der Waals surface area contributed by atoms with Crippen LogP contribution in [-0.2, 0) is 0 Å². The second-order valence-electron chi connectivity index (χ2n) is 3.98. The first-order chi connectivity index (χ1) is 8.69. The number of hydrogen-bond donors (Lipinski definition) is 2. The largest absolute Gasteiger partial charge is 0.481 e. The van der Waals surface area contributed by atoms with Gasteiger partial charge in [0.25, 0.3) is 0 Å². The number of nitrogens with zero attached hydrogens (tertiary/aromatic N) is 2. The van der Waals surface area contributed by atoms with Crippen molar-refractivity contribution in [2.45, 2.75) is 13.0 Å². The Balaban J connectivity index is 2.13. The lowest BCUT2D eigenvalue weighted by Crippen LogP contribution is -2.08. The minimum atomic E-state index is 0.105. The molecule has 0 bridgehead atoms. The van der Waals surface area contributed by atoms with Gasteiger partial charge in [0.2, 0.25) is 5.88 Å². The van der Waals surface area contributed by atoms with Crippen LogP contribution in [0.15, 0.2) is 36.7 Å². The van der Waals surface area contributed by atoms with Gasteiger partial charge in [-0.2, -0.15) is 0 Å². The monoisotopic (exact) mass is 244 g/mol. The number of methoxy groups -OCH3 is 1. The van der Waals surface area contributed by atoms with Gasteiger partial charge in [-0.3, -0.25) is 0 Å². The molecule has 1 aromatic carbocycles. The Morgan fingerprint density at radius 2 is 2.11 bits per heavy atom. The number of ether oxygens (including phenoxy) is 1. The van der Waals surface area contributed by atoms with Crippen LogP contribution in [0.1, 0.15) is 18.5 Å². The summed E-state index contributed by atoms with van der Waals surface area (Å²) in [6.07, 6.45) is 1.47. The third-order valence-electron chi connectivity index (χ3n) is 2.63. The smallest absolute Gasteiger partial charge is 0.218 e. The highest BCUT2D eigenvalue weighted by molar-refractivity contribution is 5.45. The van der Waals surface area contributed by atoms with E-state index in [0.717, 1.165) is 17.1 Å². The molecule has 0 aliphatic carbocycles. The Labute approximate surface area is 106 Å². The van der Waals surface area contributed by atoms with Gasteiger partial charge in [0.05, 0.1) is 13.2 Å². The van der Waals surface area contributed by atoms with Crippen molar-refractivity contribution in [3.63, 3.8) is 0 Å². The highest BCUT2D eigenvalue weighted by Gasteiger charge is 2.07. The third-order valence-corrected chi connectivity index (χ3v) is 2.63. The van der Waals surface area contributed by atoms with E-state index in [1.807, 2.05) is 31.2 Å². The van der Waals surface area contributed by atoms with Crippen LogP contribution in [0.3, 0.4) is 0 Å². The summed E-state index contributed by atoms with van der Waals surface area (Å²) in [7, 11) is 1.58. The van der Waals surface area contributed by atoms with Crippen LogP contribution in [0.5, 0.6) is 5.88 Å². The lowest BCUT2D eigenvalue weighted by molar-refractivity contribution is 0.397. The van der Waals surface area contributed by atoms with Crippen molar-refractivity contribution in [1.29, 1.82) is 0 Å². The summed E-state index contributed by atoms with van der Waals surface area (Å²) < 4.78 is 5.05. The van der Waals surface area contributed by atoms with Crippen molar-refractivity contribution in [2.24, 2.45) is 0 Å². The second kappa shape index (κ2) is 5.35. The highest BCUT2D eigenvalue weighted by atomic mass is 16.5. The number of benzene rings is 1. The maximum atomic E-state index is 5.76. The average Bonchev–Trinajstić information content (AvgIpc) is 2.39. The van der Waals surface area contributed by atoms with E-state index in [9.17, 15) is 0 Å². The molecular formula is C13H16N4O. The van der Waals surface area contributed by atoms with Crippen LogP contribution in [-0.4, -0.2) is 17.1 Å². The predicted molar refractivity (Wildman–Crippen MR) is 71.5 cm³/mol. The molecule has 0 spiro atoms. The number of rotatable bonds is 4. The van der Waals surface area contributed by atoms with Gasteiger partial charge in [-0.1, -0.05) is 12.1 Å². The van der Waals surface area contributed by atoms with Gasteiger partial charge in [-0.05, 0) is 24.6 Å². The van der Waals surface area contributed by atoms with Crippen molar-refractivity contribution >= 4 is 11.5 Å². The SMILES string of the molecule is COc1cc(NC(C)c2cccc(N)c2)ncn1. The van der Waals surface area contributed by atoms with Crippen LogP contribution in [0.2, 0.25) is 0 Å². The van der Waals surface area contributed by atoms with E-state index < -0.39 is 0 Å². The number of nitrogen functional groups attached to an aromatic ring is 1. The molecule has 2 rings (SSSR count). The van der Waals surface area contributed by atoms with E-state index in [0.29, 0.717) is 5.88 Å². The highest BCUT2D eigenvalue weighted by Crippen LogP contribution is 2.20. The summed E-state index contributed by atoms with van der Waals surface area (Å²) in [5, 5.41) is 3.27.